The van der Waals surface area contributed by atoms with E-state index in [2.05, 4.69) is 10.6 Å². The fourth-order valence-electron chi connectivity index (χ4n) is 1.91. The molecule has 1 fully saturated rings. The summed E-state index contributed by atoms with van der Waals surface area (Å²) in [6, 6.07) is 2.40. The lowest BCUT2D eigenvalue weighted by Gasteiger charge is -2.18. The Kier molecular flexibility index (Phi) is 3.93. The molecule has 0 spiro atoms. The lowest BCUT2D eigenvalue weighted by molar-refractivity contribution is -0.139. The van der Waals surface area contributed by atoms with Crippen molar-refractivity contribution in [2.45, 2.75) is 37.8 Å². The molecule has 21 heavy (non-hydrogen) atoms. The molecule has 2 rings (SSSR count). The van der Waals surface area contributed by atoms with Crippen LogP contribution in [-0.2, 0) is 11.2 Å². The molecule has 0 saturated heterocycles. The molecule has 2 amide bonds. The van der Waals surface area contributed by atoms with Gasteiger partial charge in [0.05, 0.1) is 0 Å². The third kappa shape index (κ3) is 4.01. The topological polar surface area (TPSA) is 119 Å². The normalized spacial score (nSPS) is 16.8. The van der Waals surface area contributed by atoms with E-state index < -0.39 is 18.0 Å². The van der Waals surface area contributed by atoms with E-state index in [-0.39, 0.29) is 23.5 Å². The molecule has 7 nitrogen and oxygen atoms in total. The summed E-state index contributed by atoms with van der Waals surface area (Å²) in [5.74, 6) is -1.77. The Morgan fingerprint density at radius 2 is 1.95 bits per heavy atom. The molecule has 1 aromatic rings. The van der Waals surface area contributed by atoms with Crippen molar-refractivity contribution in [3.05, 3.63) is 23.8 Å². The first-order chi connectivity index (χ1) is 9.79. The number of carboxylic acids is 1. The Balaban J connectivity index is 1.99. The molecule has 1 aliphatic carbocycles. The molecule has 0 bridgehead atoms. The average Bonchev–Trinajstić information content (AvgIpc) is 3.10. The van der Waals surface area contributed by atoms with E-state index in [9.17, 15) is 19.8 Å². The number of carboxylic acid groups (broad SMARTS) is 1. The Bertz CT molecular complexity index is 568. The summed E-state index contributed by atoms with van der Waals surface area (Å²) in [5.41, 5.74) is 0.264. The molecule has 1 atom stereocenters. The summed E-state index contributed by atoms with van der Waals surface area (Å²) >= 11 is 0. The highest BCUT2D eigenvalue weighted by Gasteiger charge is 2.39. The number of aromatic hydroxyl groups is 2. The molecule has 1 aromatic carbocycles. The molecule has 5 N–H and O–H groups in total. The van der Waals surface area contributed by atoms with Crippen LogP contribution in [0.5, 0.6) is 11.5 Å². The molecule has 0 radical (unpaired) electrons. The largest absolute Gasteiger partial charge is 0.504 e. The second-order valence-corrected chi connectivity index (χ2v) is 5.58. The summed E-state index contributed by atoms with van der Waals surface area (Å²) in [4.78, 5) is 23.0. The van der Waals surface area contributed by atoms with Gasteiger partial charge in [-0.05, 0) is 37.5 Å². The van der Waals surface area contributed by atoms with Gasteiger partial charge < -0.3 is 26.0 Å². The molecule has 7 heteroatoms. The number of urea groups is 1. The number of amides is 2. The first-order valence-electron chi connectivity index (χ1n) is 6.61. The maximum atomic E-state index is 11.7. The predicted molar refractivity (Wildman–Crippen MR) is 74.2 cm³/mol. The summed E-state index contributed by atoms with van der Waals surface area (Å²) < 4.78 is 0. The van der Waals surface area contributed by atoms with Gasteiger partial charge in [-0.15, -0.1) is 0 Å². The number of carbonyl (C=O) groups is 2. The molecule has 1 aliphatic rings. The number of benzene rings is 1. The Hall–Kier alpha value is -2.44. The van der Waals surface area contributed by atoms with E-state index in [0.29, 0.717) is 5.56 Å². The van der Waals surface area contributed by atoms with E-state index in [0.717, 1.165) is 12.8 Å². The third-order valence-electron chi connectivity index (χ3n) is 3.50. The fourth-order valence-corrected chi connectivity index (χ4v) is 1.91. The van der Waals surface area contributed by atoms with Crippen molar-refractivity contribution in [3.8, 4) is 11.5 Å². The molecule has 0 aliphatic heterocycles. The van der Waals surface area contributed by atoms with Gasteiger partial charge >= 0.3 is 12.0 Å². The first kappa shape index (κ1) is 15.0. The number of carbonyl (C=O) groups excluding carboxylic acids is 1. The van der Waals surface area contributed by atoms with E-state index in [4.69, 9.17) is 5.11 Å². The van der Waals surface area contributed by atoms with Crippen molar-refractivity contribution in [1.29, 1.82) is 0 Å². The molecule has 0 heterocycles. The monoisotopic (exact) mass is 294 g/mol. The SMILES string of the molecule is CC1(NC(=O)N[C@@H](Cc2ccc(O)c(O)c2)C(=O)O)CC1. The quantitative estimate of drug-likeness (QED) is 0.518. The minimum atomic E-state index is -1.17. The highest BCUT2D eigenvalue weighted by atomic mass is 16.4. The molecular weight excluding hydrogens is 276 g/mol. The number of phenols is 2. The standard InChI is InChI=1S/C14H18N2O5/c1-14(4-5-14)16-13(21)15-9(12(19)20)6-8-2-3-10(17)11(18)7-8/h2-3,7,9,17-18H,4-6H2,1H3,(H,19,20)(H2,15,16,21)/t9-/m0/s1. The van der Waals surface area contributed by atoms with E-state index in [1.807, 2.05) is 6.92 Å². The van der Waals surface area contributed by atoms with Crippen molar-refractivity contribution < 1.29 is 24.9 Å². The zero-order valence-corrected chi connectivity index (χ0v) is 11.6. The lowest BCUT2D eigenvalue weighted by Crippen LogP contribution is -2.50. The van der Waals surface area contributed by atoms with Crippen LogP contribution >= 0.6 is 0 Å². The molecule has 114 valence electrons. The van der Waals surface area contributed by atoms with Crippen LogP contribution in [0.1, 0.15) is 25.3 Å². The van der Waals surface area contributed by atoms with Gasteiger partial charge in [0.25, 0.3) is 0 Å². The number of hydrogen-bond donors (Lipinski definition) is 5. The zero-order valence-electron chi connectivity index (χ0n) is 11.6. The van der Waals surface area contributed by atoms with Gasteiger partial charge in [0.1, 0.15) is 6.04 Å². The van der Waals surface area contributed by atoms with Gasteiger partial charge in [-0.2, -0.15) is 0 Å². The van der Waals surface area contributed by atoms with Crippen LogP contribution in [0.15, 0.2) is 18.2 Å². The van der Waals surface area contributed by atoms with Gasteiger partial charge in [0, 0.05) is 12.0 Å². The number of phenolic OH excluding ortho intramolecular Hbond substituents is 2. The smallest absolute Gasteiger partial charge is 0.326 e. The number of hydrogen-bond acceptors (Lipinski definition) is 4. The van der Waals surface area contributed by atoms with Crippen LogP contribution in [0.4, 0.5) is 4.79 Å². The van der Waals surface area contributed by atoms with Crippen molar-refractivity contribution >= 4 is 12.0 Å². The number of aliphatic carboxylic acids is 1. The van der Waals surface area contributed by atoms with Gasteiger partial charge in [0.2, 0.25) is 0 Å². The third-order valence-corrected chi connectivity index (χ3v) is 3.50. The van der Waals surface area contributed by atoms with Crippen LogP contribution < -0.4 is 10.6 Å². The summed E-state index contributed by atoms with van der Waals surface area (Å²) in [5, 5.41) is 32.9. The van der Waals surface area contributed by atoms with Crippen molar-refractivity contribution in [3.63, 3.8) is 0 Å². The van der Waals surface area contributed by atoms with E-state index in [1.165, 1.54) is 18.2 Å². The zero-order chi connectivity index (χ0) is 15.6. The highest BCUT2D eigenvalue weighted by Crippen LogP contribution is 2.34. The summed E-state index contributed by atoms with van der Waals surface area (Å²) in [6.45, 7) is 1.89. The Morgan fingerprint density at radius 1 is 1.29 bits per heavy atom. The molecule has 1 saturated carbocycles. The van der Waals surface area contributed by atoms with Crippen LogP contribution in [0.3, 0.4) is 0 Å². The average molecular weight is 294 g/mol. The van der Waals surface area contributed by atoms with Gasteiger partial charge in [-0.3, -0.25) is 0 Å². The van der Waals surface area contributed by atoms with Gasteiger partial charge in [-0.25, -0.2) is 9.59 Å². The van der Waals surface area contributed by atoms with Crippen molar-refractivity contribution in [2.24, 2.45) is 0 Å². The predicted octanol–water partition coefficient (Wildman–Crippen LogP) is 0.945. The van der Waals surface area contributed by atoms with Crippen LogP contribution in [0.25, 0.3) is 0 Å². The number of rotatable bonds is 5. The molecule has 0 aromatic heterocycles. The lowest BCUT2D eigenvalue weighted by atomic mass is 10.1. The first-order valence-corrected chi connectivity index (χ1v) is 6.61. The molecule has 0 unspecified atom stereocenters. The highest BCUT2D eigenvalue weighted by molar-refractivity contribution is 5.83. The van der Waals surface area contributed by atoms with Crippen LogP contribution in [0.2, 0.25) is 0 Å². The second kappa shape index (κ2) is 5.51. The van der Waals surface area contributed by atoms with E-state index >= 15 is 0 Å². The van der Waals surface area contributed by atoms with Crippen LogP contribution in [-0.4, -0.2) is 38.9 Å². The second-order valence-electron chi connectivity index (χ2n) is 5.58. The van der Waals surface area contributed by atoms with Gasteiger partial charge in [-0.1, -0.05) is 6.07 Å². The van der Waals surface area contributed by atoms with Crippen LogP contribution in [0, 0.1) is 0 Å². The van der Waals surface area contributed by atoms with Crippen molar-refractivity contribution in [1.82, 2.24) is 10.6 Å². The maximum Gasteiger partial charge on any atom is 0.326 e. The van der Waals surface area contributed by atoms with Crippen molar-refractivity contribution in [2.75, 3.05) is 0 Å². The minimum absolute atomic E-state index is 0.00725. The number of nitrogens with one attached hydrogen (secondary N) is 2. The summed E-state index contributed by atoms with van der Waals surface area (Å²) in [7, 11) is 0. The minimum Gasteiger partial charge on any atom is -0.504 e. The Morgan fingerprint density at radius 3 is 2.48 bits per heavy atom. The molecular formula is C14H18N2O5. The van der Waals surface area contributed by atoms with E-state index in [1.54, 1.807) is 0 Å². The summed E-state index contributed by atoms with van der Waals surface area (Å²) in [6.07, 6.45) is 1.77. The van der Waals surface area contributed by atoms with Gasteiger partial charge in [0.15, 0.2) is 11.5 Å². The fraction of sp³-hybridized carbons (Fsp3) is 0.429. The Labute approximate surface area is 121 Å². The maximum absolute atomic E-state index is 11.7.